The van der Waals surface area contributed by atoms with Gasteiger partial charge in [0.1, 0.15) is 0 Å². The van der Waals surface area contributed by atoms with Crippen LogP contribution in [0.4, 0.5) is 0 Å². The van der Waals surface area contributed by atoms with Crippen LogP contribution in [0.5, 0.6) is 0 Å². The fraction of sp³-hybridized carbons (Fsp3) is 0.529. The highest BCUT2D eigenvalue weighted by molar-refractivity contribution is 7.92. The van der Waals surface area contributed by atoms with Crippen molar-refractivity contribution >= 4 is 21.7 Å². The number of hydrogen-bond donors (Lipinski definition) is 1. The maximum absolute atomic E-state index is 12.5. The summed E-state index contributed by atoms with van der Waals surface area (Å²) in [6, 6.07) is 6.04. The summed E-state index contributed by atoms with van der Waals surface area (Å²) in [5, 5.41) is 8.70. The third kappa shape index (κ3) is 3.17. The second-order valence-electron chi connectivity index (χ2n) is 6.55. The summed E-state index contributed by atoms with van der Waals surface area (Å²) in [5.74, 6) is -1.65. The zero-order chi connectivity index (χ0) is 17.3. The van der Waals surface area contributed by atoms with E-state index in [0.29, 0.717) is 31.4 Å². The molecule has 1 aromatic rings. The SMILES string of the molecule is O=C(O)C1CCN(C(=O)c2ccc(S(=O)(=O)C3CCCC3)cc2)C1. The molecule has 1 amide bonds. The van der Waals surface area contributed by atoms with Crippen molar-refractivity contribution in [2.45, 2.75) is 42.2 Å². The van der Waals surface area contributed by atoms with E-state index in [9.17, 15) is 18.0 Å². The van der Waals surface area contributed by atoms with E-state index in [1.807, 2.05) is 0 Å². The summed E-state index contributed by atoms with van der Waals surface area (Å²) in [5.41, 5.74) is 0.395. The maximum atomic E-state index is 12.5. The van der Waals surface area contributed by atoms with Crippen molar-refractivity contribution in [1.29, 1.82) is 0 Å². The van der Waals surface area contributed by atoms with Crippen molar-refractivity contribution in [3.8, 4) is 0 Å². The van der Waals surface area contributed by atoms with E-state index in [1.54, 1.807) is 0 Å². The Balaban J connectivity index is 1.73. The number of amides is 1. The van der Waals surface area contributed by atoms with Crippen LogP contribution in [0.2, 0.25) is 0 Å². The van der Waals surface area contributed by atoms with E-state index in [2.05, 4.69) is 0 Å². The standard InChI is InChI=1S/C17H21NO5S/c19-16(18-10-9-13(11-18)17(20)21)12-5-7-15(8-6-12)24(22,23)14-3-1-2-4-14/h5-8,13-14H,1-4,9-11H2,(H,20,21). The van der Waals surface area contributed by atoms with Gasteiger partial charge >= 0.3 is 5.97 Å². The lowest BCUT2D eigenvalue weighted by molar-refractivity contribution is -0.141. The Labute approximate surface area is 141 Å². The zero-order valence-electron chi connectivity index (χ0n) is 13.3. The van der Waals surface area contributed by atoms with Crippen molar-refractivity contribution in [2.24, 2.45) is 5.92 Å². The average molecular weight is 351 g/mol. The van der Waals surface area contributed by atoms with Gasteiger partial charge in [-0.3, -0.25) is 9.59 Å². The molecule has 3 rings (SSSR count). The van der Waals surface area contributed by atoms with Gasteiger partial charge in [0.2, 0.25) is 0 Å². The molecule has 1 atom stereocenters. The van der Waals surface area contributed by atoms with E-state index in [0.717, 1.165) is 12.8 Å². The van der Waals surface area contributed by atoms with Gasteiger partial charge in [0.25, 0.3) is 5.91 Å². The van der Waals surface area contributed by atoms with Crippen molar-refractivity contribution in [3.05, 3.63) is 29.8 Å². The maximum Gasteiger partial charge on any atom is 0.308 e. The van der Waals surface area contributed by atoms with Crippen molar-refractivity contribution < 1.29 is 23.1 Å². The molecule has 6 nitrogen and oxygen atoms in total. The molecule has 7 heteroatoms. The highest BCUT2D eigenvalue weighted by atomic mass is 32.2. The fourth-order valence-electron chi connectivity index (χ4n) is 3.51. The summed E-state index contributed by atoms with van der Waals surface area (Å²) >= 11 is 0. The van der Waals surface area contributed by atoms with Crippen LogP contribution in [0, 0.1) is 5.92 Å². The molecule has 24 heavy (non-hydrogen) atoms. The molecule has 130 valence electrons. The monoisotopic (exact) mass is 351 g/mol. The van der Waals surface area contributed by atoms with Crippen molar-refractivity contribution in [3.63, 3.8) is 0 Å². The number of carboxylic acid groups (broad SMARTS) is 1. The summed E-state index contributed by atoms with van der Waals surface area (Å²) < 4.78 is 25.1. The summed E-state index contributed by atoms with van der Waals surface area (Å²) in [7, 11) is -3.32. The number of nitrogens with zero attached hydrogens (tertiary/aromatic N) is 1. The highest BCUT2D eigenvalue weighted by Gasteiger charge is 2.32. The minimum absolute atomic E-state index is 0.205. The lowest BCUT2D eigenvalue weighted by atomic mass is 10.1. The first-order valence-electron chi connectivity index (χ1n) is 8.25. The van der Waals surface area contributed by atoms with Gasteiger partial charge in [-0.2, -0.15) is 0 Å². The lowest BCUT2D eigenvalue weighted by Gasteiger charge is -2.16. The van der Waals surface area contributed by atoms with Crippen molar-refractivity contribution in [2.75, 3.05) is 13.1 Å². The molecule has 0 radical (unpaired) electrons. The van der Waals surface area contributed by atoms with Crippen LogP contribution in [0.25, 0.3) is 0 Å². The minimum Gasteiger partial charge on any atom is -0.481 e. The van der Waals surface area contributed by atoms with Crippen LogP contribution in [-0.4, -0.2) is 48.6 Å². The molecule has 1 heterocycles. The molecule has 1 saturated carbocycles. The Morgan fingerprint density at radius 3 is 2.21 bits per heavy atom. The van der Waals surface area contributed by atoms with E-state index in [-0.39, 0.29) is 22.6 Å². The van der Waals surface area contributed by atoms with E-state index in [1.165, 1.54) is 29.2 Å². The lowest BCUT2D eigenvalue weighted by Crippen LogP contribution is -2.30. The third-order valence-electron chi connectivity index (χ3n) is 5.00. The van der Waals surface area contributed by atoms with Gasteiger partial charge in [-0.05, 0) is 43.5 Å². The number of likely N-dealkylation sites (tertiary alicyclic amines) is 1. The number of carboxylic acids is 1. The molecular weight excluding hydrogens is 330 g/mol. The molecule has 0 bridgehead atoms. The van der Waals surface area contributed by atoms with Gasteiger partial charge in [0.15, 0.2) is 9.84 Å². The number of aliphatic carboxylic acids is 1. The summed E-state index contributed by atoms with van der Waals surface area (Å²) in [6.45, 7) is 0.619. The molecular formula is C17H21NO5S. The molecule has 2 fully saturated rings. The molecule has 1 N–H and O–H groups in total. The number of carbonyl (C=O) groups is 2. The number of hydrogen-bond acceptors (Lipinski definition) is 4. The first kappa shape index (κ1) is 17.0. The van der Waals surface area contributed by atoms with E-state index < -0.39 is 21.7 Å². The number of rotatable bonds is 4. The molecule has 1 aliphatic carbocycles. The van der Waals surface area contributed by atoms with Crippen LogP contribution >= 0.6 is 0 Å². The third-order valence-corrected chi connectivity index (χ3v) is 7.27. The predicted octanol–water partition coefficient (Wildman–Crippen LogP) is 1.95. The summed E-state index contributed by atoms with van der Waals surface area (Å²) in [4.78, 5) is 25.2. The summed E-state index contributed by atoms with van der Waals surface area (Å²) in [6.07, 6.45) is 3.75. The normalized spacial score (nSPS) is 22.0. The zero-order valence-corrected chi connectivity index (χ0v) is 14.2. The van der Waals surface area contributed by atoms with Crippen LogP contribution in [-0.2, 0) is 14.6 Å². The average Bonchev–Trinajstić information content (AvgIpc) is 3.26. The molecule has 0 aromatic heterocycles. The van der Waals surface area contributed by atoms with Gasteiger partial charge in [-0.25, -0.2) is 8.42 Å². The first-order valence-corrected chi connectivity index (χ1v) is 9.80. The first-order chi connectivity index (χ1) is 11.4. The molecule has 1 saturated heterocycles. The largest absolute Gasteiger partial charge is 0.481 e. The van der Waals surface area contributed by atoms with Crippen LogP contribution in [0.1, 0.15) is 42.5 Å². The Kier molecular flexibility index (Phi) is 4.62. The van der Waals surface area contributed by atoms with Gasteiger partial charge in [-0.1, -0.05) is 12.8 Å². The van der Waals surface area contributed by atoms with Crippen LogP contribution in [0.3, 0.4) is 0 Å². The molecule has 1 aromatic carbocycles. The second kappa shape index (κ2) is 6.55. The topological polar surface area (TPSA) is 91.8 Å². The van der Waals surface area contributed by atoms with Crippen LogP contribution in [0.15, 0.2) is 29.2 Å². The molecule has 2 aliphatic rings. The van der Waals surface area contributed by atoms with Crippen LogP contribution < -0.4 is 0 Å². The number of carbonyl (C=O) groups excluding carboxylic acids is 1. The second-order valence-corrected chi connectivity index (χ2v) is 8.78. The van der Waals surface area contributed by atoms with Gasteiger partial charge in [0, 0.05) is 18.7 Å². The molecule has 1 aliphatic heterocycles. The Hall–Kier alpha value is -1.89. The smallest absolute Gasteiger partial charge is 0.308 e. The predicted molar refractivity (Wildman–Crippen MR) is 87.5 cm³/mol. The minimum atomic E-state index is -3.32. The Bertz CT molecular complexity index is 735. The number of sulfone groups is 1. The highest BCUT2D eigenvalue weighted by Crippen LogP contribution is 2.30. The quantitative estimate of drug-likeness (QED) is 0.895. The molecule has 0 spiro atoms. The Morgan fingerprint density at radius 2 is 1.67 bits per heavy atom. The van der Waals surface area contributed by atoms with Gasteiger partial charge < -0.3 is 10.0 Å². The van der Waals surface area contributed by atoms with Gasteiger partial charge in [-0.15, -0.1) is 0 Å². The van der Waals surface area contributed by atoms with E-state index >= 15 is 0 Å². The molecule has 1 unspecified atom stereocenters. The fourth-order valence-corrected chi connectivity index (χ4v) is 5.36. The van der Waals surface area contributed by atoms with Gasteiger partial charge in [0.05, 0.1) is 16.1 Å². The Morgan fingerprint density at radius 1 is 1.04 bits per heavy atom. The number of benzene rings is 1. The van der Waals surface area contributed by atoms with E-state index in [4.69, 9.17) is 5.11 Å². The van der Waals surface area contributed by atoms with Crippen molar-refractivity contribution in [1.82, 2.24) is 4.90 Å².